The lowest BCUT2D eigenvalue weighted by Gasteiger charge is -2.16. The fourth-order valence-electron chi connectivity index (χ4n) is 2.64. The second-order valence-electron chi connectivity index (χ2n) is 5.36. The van der Waals surface area contributed by atoms with Crippen LogP contribution in [-0.4, -0.2) is 0 Å². The lowest BCUT2D eigenvalue weighted by atomic mass is 9.89. The highest BCUT2D eigenvalue weighted by molar-refractivity contribution is 5.17. The van der Waals surface area contributed by atoms with Crippen LogP contribution in [0.25, 0.3) is 0 Å². The van der Waals surface area contributed by atoms with Crippen LogP contribution in [-0.2, 0) is 0 Å². The molecule has 0 saturated carbocycles. The van der Waals surface area contributed by atoms with Crippen molar-refractivity contribution >= 4 is 0 Å². The molecule has 0 N–H and O–H groups in total. The first-order chi connectivity index (χ1) is 8.88. The summed E-state index contributed by atoms with van der Waals surface area (Å²) in [5.41, 5.74) is 1.42. The molecule has 1 rings (SSSR count). The molecule has 0 aliphatic heterocycles. The molecule has 1 unspecified atom stereocenters. The van der Waals surface area contributed by atoms with Crippen LogP contribution >= 0.6 is 0 Å². The standard InChI is InChI=1S/C18H29/c1-3-5-6-7-8-10-14-17(13-4-2)18-15-11-9-12-16-18/h9,11-12,15,17H,3-8,10,13-14H2,1-2H3. The van der Waals surface area contributed by atoms with Crippen LogP contribution in [0.2, 0.25) is 0 Å². The van der Waals surface area contributed by atoms with Gasteiger partial charge in [0.2, 0.25) is 0 Å². The van der Waals surface area contributed by atoms with E-state index in [1.54, 1.807) is 0 Å². The maximum atomic E-state index is 3.41. The van der Waals surface area contributed by atoms with Crippen molar-refractivity contribution in [1.82, 2.24) is 0 Å². The maximum absolute atomic E-state index is 3.41. The first kappa shape index (κ1) is 15.3. The normalized spacial score (nSPS) is 12.6. The molecular weight excluding hydrogens is 216 g/mol. The average molecular weight is 245 g/mol. The third-order valence-corrected chi connectivity index (χ3v) is 3.72. The predicted molar refractivity (Wildman–Crippen MR) is 80.9 cm³/mol. The fourth-order valence-corrected chi connectivity index (χ4v) is 2.64. The van der Waals surface area contributed by atoms with Crippen molar-refractivity contribution in [2.24, 2.45) is 0 Å². The van der Waals surface area contributed by atoms with Crippen molar-refractivity contribution < 1.29 is 0 Å². The van der Waals surface area contributed by atoms with E-state index >= 15 is 0 Å². The molecular formula is C18H29. The summed E-state index contributed by atoms with van der Waals surface area (Å²) >= 11 is 0. The van der Waals surface area contributed by atoms with Crippen LogP contribution in [0.4, 0.5) is 0 Å². The molecule has 1 radical (unpaired) electrons. The monoisotopic (exact) mass is 245 g/mol. The van der Waals surface area contributed by atoms with Gasteiger partial charge in [-0.1, -0.05) is 83.1 Å². The van der Waals surface area contributed by atoms with Crippen LogP contribution in [0.1, 0.15) is 83.1 Å². The van der Waals surface area contributed by atoms with E-state index in [1.165, 1.54) is 63.4 Å². The third kappa shape index (κ3) is 6.23. The third-order valence-electron chi connectivity index (χ3n) is 3.72. The maximum Gasteiger partial charge on any atom is -0.0146 e. The number of benzene rings is 1. The van der Waals surface area contributed by atoms with Crippen molar-refractivity contribution in [3.63, 3.8) is 0 Å². The van der Waals surface area contributed by atoms with Gasteiger partial charge in [0, 0.05) is 0 Å². The molecule has 0 bridgehead atoms. The highest BCUT2D eigenvalue weighted by Crippen LogP contribution is 2.26. The zero-order valence-electron chi connectivity index (χ0n) is 12.3. The Labute approximate surface area is 114 Å². The molecule has 0 amide bonds. The summed E-state index contributed by atoms with van der Waals surface area (Å²) in [4.78, 5) is 0. The zero-order valence-corrected chi connectivity index (χ0v) is 12.3. The minimum absolute atomic E-state index is 0.738. The molecule has 0 aliphatic rings. The molecule has 0 heterocycles. The molecule has 0 aromatic heterocycles. The Balaban J connectivity index is 2.26. The van der Waals surface area contributed by atoms with Gasteiger partial charge in [0.1, 0.15) is 0 Å². The molecule has 0 heteroatoms. The minimum atomic E-state index is 0.738. The van der Waals surface area contributed by atoms with Crippen molar-refractivity contribution in [2.45, 2.75) is 77.6 Å². The second-order valence-corrected chi connectivity index (χ2v) is 5.36. The summed E-state index contributed by atoms with van der Waals surface area (Å²) in [6, 6.07) is 11.9. The average Bonchev–Trinajstić information content (AvgIpc) is 2.42. The first-order valence-corrected chi connectivity index (χ1v) is 7.85. The Morgan fingerprint density at radius 2 is 1.67 bits per heavy atom. The van der Waals surface area contributed by atoms with E-state index in [1.807, 2.05) is 0 Å². The van der Waals surface area contributed by atoms with Gasteiger partial charge in [-0.15, -0.1) is 0 Å². The number of rotatable bonds is 10. The number of hydrogen-bond acceptors (Lipinski definition) is 0. The van der Waals surface area contributed by atoms with E-state index in [4.69, 9.17) is 0 Å². The summed E-state index contributed by atoms with van der Waals surface area (Å²) in [6.45, 7) is 4.57. The summed E-state index contributed by atoms with van der Waals surface area (Å²) in [7, 11) is 0. The largest absolute Gasteiger partial charge is 0.0654 e. The summed E-state index contributed by atoms with van der Waals surface area (Å²) < 4.78 is 0. The Morgan fingerprint density at radius 1 is 0.889 bits per heavy atom. The van der Waals surface area contributed by atoms with E-state index in [-0.39, 0.29) is 0 Å². The summed E-state index contributed by atoms with van der Waals surface area (Å²) in [5.74, 6) is 0.738. The molecule has 0 fully saturated rings. The molecule has 0 saturated heterocycles. The first-order valence-electron chi connectivity index (χ1n) is 7.85. The Bertz CT molecular complexity index is 275. The lowest BCUT2D eigenvalue weighted by molar-refractivity contribution is 0.512. The molecule has 0 aliphatic carbocycles. The predicted octanol–water partition coefficient (Wildman–Crippen LogP) is 6.12. The highest BCUT2D eigenvalue weighted by Gasteiger charge is 2.09. The van der Waals surface area contributed by atoms with Gasteiger partial charge >= 0.3 is 0 Å². The van der Waals surface area contributed by atoms with E-state index in [0.29, 0.717) is 0 Å². The van der Waals surface area contributed by atoms with E-state index in [0.717, 1.165) is 5.92 Å². The van der Waals surface area contributed by atoms with Crippen LogP contribution in [0.5, 0.6) is 0 Å². The van der Waals surface area contributed by atoms with Crippen molar-refractivity contribution in [1.29, 1.82) is 0 Å². The fraction of sp³-hybridized carbons (Fsp3) is 0.667. The lowest BCUT2D eigenvalue weighted by Crippen LogP contribution is -1.99. The zero-order chi connectivity index (χ0) is 13.1. The van der Waals surface area contributed by atoms with Crippen LogP contribution in [0, 0.1) is 6.07 Å². The highest BCUT2D eigenvalue weighted by atomic mass is 14.1. The Hall–Kier alpha value is -0.780. The van der Waals surface area contributed by atoms with Gasteiger partial charge in [-0.05, 0) is 30.4 Å². The second kappa shape index (κ2) is 10.2. The van der Waals surface area contributed by atoms with Crippen molar-refractivity contribution in [2.75, 3.05) is 0 Å². The quantitative estimate of drug-likeness (QED) is 0.435. The van der Waals surface area contributed by atoms with Gasteiger partial charge in [-0.2, -0.15) is 0 Å². The Morgan fingerprint density at radius 3 is 2.33 bits per heavy atom. The van der Waals surface area contributed by atoms with Gasteiger partial charge in [0.05, 0.1) is 0 Å². The molecule has 0 spiro atoms. The molecule has 1 aromatic rings. The topological polar surface area (TPSA) is 0 Å². The summed E-state index contributed by atoms with van der Waals surface area (Å²) in [5, 5.41) is 0. The van der Waals surface area contributed by atoms with E-state index in [2.05, 4.69) is 44.2 Å². The smallest absolute Gasteiger partial charge is 0.0146 e. The van der Waals surface area contributed by atoms with Crippen LogP contribution in [0.3, 0.4) is 0 Å². The summed E-state index contributed by atoms with van der Waals surface area (Å²) in [6.07, 6.45) is 12.3. The van der Waals surface area contributed by atoms with Crippen LogP contribution < -0.4 is 0 Å². The molecule has 18 heavy (non-hydrogen) atoms. The molecule has 101 valence electrons. The van der Waals surface area contributed by atoms with Crippen LogP contribution in [0.15, 0.2) is 24.3 Å². The number of hydrogen-bond donors (Lipinski definition) is 0. The van der Waals surface area contributed by atoms with Gasteiger partial charge in [-0.25, -0.2) is 0 Å². The van der Waals surface area contributed by atoms with Gasteiger partial charge in [-0.3, -0.25) is 0 Å². The van der Waals surface area contributed by atoms with Gasteiger partial charge in [0.25, 0.3) is 0 Å². The van der Waals surface area contributed by atoms with Crippen molar-refractivity contribution in [3.05, 3.63) is 35.9 Å². The molecule has 1 atom stereocenters. The van der Waals surface area contributed by atoms with Crippen molar-refractivity contribution in [3.8, 4) is 0 Å². The minimum Gasteiger partial charge on any atom is -0.0654 e. The van der Waals surface area contributed by atoms with Gasteiger partial charge in [0.15, 0.2) is 0 Å². The molecule has 1 aromatic carbocycles. The van der Waals surface area contributed by atoms with Gasteiger partial charge < -0.3 is 0 Å². The van der Waals surface area contributed by atoms with E-state index in [9.17, 15) is 0 Å². The Kier molecular flexibility index (Phi) is 8.63. The molecule has 0 nitrogen and oxygen atoms in total. The number of unbranched alkanes of at least 4 members (excludes halogenated alkanes) is 5. The van der Waals surface area contributed by atoms with E-state index < -0.39 is 0 Å². The SMILES string of the molecule is CCCCCCCCC(CCC)c1[c]cccc1.